The second-order valence-electron chi connectivity index (χ2n) is 7.59. The number of sulfone groups is 1. The predicted molar refractivity (Wildman–Crippen MR) is 125 cm³/mol. The molecule has 1 aromatic heterocycles. The lowest BCUT2D eigenvalue weighted by Crippen LogP contribution is -2.17. The van der Waals surface area contributed by atoms with Crippen LogP contribution in [0.4, 0.5) is 5.82 Å². The Morgan fingerprint density at radius 1 is 0.875 bits per heavy atom. The Balaban J connectivity index is 1.48. The Hall–Kier alpha value is -3.42. The van der Waals surface area contributed by atoms with E-state index in [4.69, 9.17) is 11.6 Å². The van der Waals surface area contributed by atoms with Crippen LogP contribution in [0, 0.1) is 0 Å². The molecule has 6 nitrogen and oxygen atoms in total. The molecule has 1 aliphatic heterocycles. The summed E-state index contributed by atoms with van der Waals surface area (Å²) in [5, 5.41) is 7.92. The molecule has 1 N–H and O–H groups in total. The number of hydrogen-bond donors (Lipinski definition) is 1. The normalized spacial score (nSPS) is 14.2. The first-order chi connectivity index (χ1) is 15.4. The van der Waals surface area contributed by atoms with Gasteiger partial charge in [-0.1, -0.05) is 54.1 Å². The number of benzene rings is 3. The molecule has 0 saturated carbocycles. The van der Waals surface area contributed by atoms with Gasteiger partial charge in [0.25, 0.3) is 5.91 Å². The van der Waals surface area contributed by atoms with Gasteiger partial charge in [0.2, 0.25) is 0 Å². The minimum absolute atomic E-state index is 0.141. The van der Waals surface area contributed by atoms with Gasteiger partial charge in [0, 0.05) is 16.1 Å². The lowest BCUT2D eigenvalue weighted by atomic mass is 10.0. The van der Waals surface area contributed by atoms with Crippen molar-refractivity contribution in [3.63, 3.8) is 0 Å². The Kier molecular flexibility index (Phi) is 5.07. The number of anilines is 1. The van der Waals surface area contributed by atoms with Crippen molar-refractivity contribution >= 4 is 33.2 Å². The van der Waals surface area contributed by atoms with Crippen LogP contribution in [0.25, 0.3) is 16.8 Å². The number of aromatic nitrogens is 2. The summed E-state index contributed by atoms with van der Waals surface area (Å²) >= 11 is 5.99. The summed E-state index contributed by atoms with van der Waals surface area (Å²) in [6.07, 6.45) is 0. The third-order valence-electron chi connectivity index (χ3n) is 5.34. The third kappa shape index (κ3) is 3.92. The van der Waals surface area contributed by atoms with Crippen molar-refractivity contribution in [3.05, 3.63) is 101 Å². The summed E-state index contributed by atoms with van der Waals surface area (Å²) in [5.41, 5.74) is 4.17. The number of halogens is 1. The summed E-state index contributed by atoms with van der Waals surface area (Å²) < 4.78 is 25.8. The van der Waals surface area contributed by atoms with Gasteiger partial charge in [0.05, 0.1) is 22.9 Å². The maximum absolute atomic E-state index is 13.0. The fraction of sp³-hybridized carbons (Fsp3) is 0.0833. The summed E-state index contributed by atoms with van der Waals surface area (Å²) in [6, 6.07) is 24.1. The molecule has 160 valence electrons. The Morgan fingerprint density at radius 2 is 1.53 bits per heavy atom. The van der Waals surface area contributed by atoms with Gasteiger partial charge >= 0.3 is 0 Å². The Bertz CT molecular complexity index is 1410. The maximum atomic E-state index is 13.0. The van der Waals surface area contributed by atoms with Crippen molar-refractivity contribution in [1.82, 2.24) is 9.78 Å². The maximum Gasteiger partial charge on any atom is 0.256 e. The van der Waals surface area contributed by atoms with Crippen LogP contribution in [0.3, 0.4) is 0 Å². The van der Waals surface area contributed by atoms with E-state index >= 15 is 0 Å². The number of hydrogen-bond acceptors (Lipinski definition) is 4. The first kappa shape index (κ1) is 20.5. The van der Waals surface area contributed by atoms with Crippen LogP contribution in [0.5, 0.6) is 0 Å². The van der Waals surface area contributed by atoms with Gasteiger partial charge < -0.3 is 5.32 Å². The molecule has 32 heavy (non-hydrogen) atoms. The number of nitrogens with zero attached hydrogens (tertiary/aromatic N) is 2. The minimum Gasteiger partial charge on any atom is -0.306 e. The van der Waals surface area contributed by atoms with Crippen molar-refractivity contribution in [2.75, 3.05) is 5.32 Å². The molecule has 0 bridgehead atoms. The zero-order chi connectivity index (χ0) is 22.3. The second kappa shape index (κ2) is 7.93. The summed E-state index contributed by atoms with van der Waals surface area (Å²) in [7, 11) is -3.28. The zero-order valence-corrected chi connectivity index (χ0v) is 18.4. The molecule has 2 heterocycles. The lowest BCUT2D eigenvalue weighted by molar-refractivity contribution is 0.102. The van der Waals surface area contributed by atoms with Crippen LogP contribution in [-0.2, 0) is 21.3 Å². The third-order valence-corrected chi connectivity index (χ3v) is 7.04. The first-order valence-electron chi connectivity index (χ1n) is 9.94. The van der Waals surface area contributed by atoms with Gasteiger partial charge in [0.1, 0.15) is 5.82 Å². The highest BCUT2D eigenvalue weighted by Gasteiger charge is 2.33. The van der Waals surface area contributed by atoms with Crippen LogP contribution in [0.1, 0.15) is 21.6 Å². The van der Waals surface area contributed by atoms with Crippen molar-refractivity contribution in [1.29, 1.82) is 0 Å². The molecular formula is C24H18ClN3O3S. The highest BCUT2D eigenvalue weighted by Crippen LogP contribution is 2.33. The molecule has 5 rings (SSSR count). The van der Waals surface area contributed by atoms with E-state index in [1.807, 2.05) is 42.5 Å². The summed E-state index contributed by atoms with van der Waals surface area (Å²) in [4.78, 5) is 13.0. The fourth-order valence-electron chi connectivity index (χ4n) is 3.76. The molecule has 4 aromatic rings. The van der Waals surface area contributed by atoms with E-state index in [9.17, 15) is 13.2 Å². The van der Waals surface area contributed by atoms with Crippen LogP contribution < -0.4 is 5.32 Å². The van der Waals surface area contributed by atoms with Crippen molar-refractivity contribution in [2.24, 2.45) is 0 Å². The van der Waals surface area contributed by atoms with Gasteiger partial charge in [-0.05, 0) is 47.5 Å². The molecule has 3 aromatic carbocycles. The number of nitrogens with one attached hydrogen (secondary N) is 1. The highest BCUT2D eigenvalue weighted by atomic mass is 35.5. The van der Waals surface area contributed by atoms with E-state index in [0.717, 1.165) is 11.1 Å². The molecule has 0 fully saturated rings. The molecule has 8 heteroatoms. The van der Waals surface area contributed by atoms with E-state index in [-0.39, 0.29) is 17.4 Å². The average Bonchev–Trinajstić information content (AvgIpc) is 3.27. The van der Waals surface area contributed by atoms with Crippen molar-refractivity contribution < 1.29 is 13.2 Å². The average molecular weight is 464 g/mol. The lowest BCUT2D eigenvalue weighted by Gasteiger charge is -2.12. The van der Waals surface area contributed by atoms with Crippen LogP contribution in [0.15, 0.2) is 78.9 Å². The van der Waals surface area contributed by atoms with E-state index < -0.39 is 9.84 Å². The van der Waals surface area contributed by atoms with Crippen LogP contribution in [0.2, 0.25) is 5.02 Å². The quantitative estimate of drug-likeness (QED) is 0.468. The van der Waals surface area contributed by atoms with Crippen LogP contribution in [-0.4, -0.2) is 24.1 Å². The van der Waals surface area contributed by atoms with Crippen molar-refractivity contribution in [3.8, 4) is 16.8 Å². The minimum atomic E-state index is -3.28. The fourth-order valence-corrected chi connectivity index (χ4v) is 5.38. The molecule has 0 saturated heterocycles. The Labute approximate surface area is 190 Å². The van der Waals surface area contributed by atoms with Crippen LogP contribution >= 0.6 is 11.6 Å². The van der Waals surface area contributed by atoms with E-state index in [2.05, 4.69) is 10.4 Å². The highest BCUT2D eigenvalue weighted by molar-refractivity contribution is 7.90. The topological polar surface area (TPSA) is 81.1 Å². The summed E-state index contributed by atoms with van der Waals surface area (Å²) in [5.74, 6) is -0.275. The standard InChI is InChI=1S/C24H18ClN3O3S/c25-19-10-12-20(13-11-19)28-23(21-14-32(30,31)15-22(21)27-28)26-24(29)18-8-6-17(7-9-18)16-4-2-1-3-5-16/h1-13H,14-15H2,(H,26,29). The molecule has 0 spiro atoms. The molecular weight excluding hydrogens is 446 g/mol. The SMILES string of the molecule is O=C(Nc1c2c(nn1-c1ccc(Cl)cc1)CS(=O)(=O)C2)c1ccc(-c2ccccc2)cc1. The van der Waals surface area contributed by atoms with E-state index in [1.165, 1.54) is 0 Å². The zero-order valence-electron chi connectivity index (χ0n) is 16.8. The molecule has 0 radical (unpaired) electrons. The largest absolute Gasteiger partial charge is 0.306 e. The number of carbonyl (C=O) groups is 1. The number of carbonyl (C=O) groups excluding carboxylic acids is 1. The van der Waals surface area contributed by atoms with Gasteiger partial charge in [-0.2, -0.15) is 5.10 Å². The smallest absolute Gasteiger partial charge is 0.256 e. The second-order valence-corrected chi connectivity index (χ2v) is 10.1. The van der Waals surface area contributed by atoms with Gasteiger partial charge in [-0.25, -0.2) is 13.1 Å². The number of rotatable bonds is 4. The van der Waals surface area contributed by atoms with E-state index in [1.54, 1.807) is 41.1 Å². The summed E-state index contributed by atoms with van der Waals surface area (Å²) in [6.45, 7) is 0. The van der Waals surface area contributed by atoms with Gasteiger partial charge in [0.15, 0.2) is 9.84 Å². The number of fused-ring (bicyclic) bond motifs is 1. The van der Waals surface area contributed by atoms with Gasteiger partial charge in [-0.15, -0.1) is 0 Å². The monoisotopic (exact) mass is 463 g/mol. The van der Waals surface area contributed by atoms with Crippen molar-refractivity contribution in [2.45, 2.75) is 11.5 Å². The molecule has 0 unspecified atom stereocenters. The molecule has 0 atom stereocenters. The molecule has 1 amide bonds. The molecule has 0 aliphatic carbocycles. The predicted octanol–water partition coefficient (Wildman–Crippen LogP) is 4.87. The first-order valence-corrected chi connectivity index (χ1v) is 12.1. The van der Waals surface area contributed by atoms with Gasteiger partial charge in [-0.3, -0.25) is 4.79 Å². The van der Waals surface area contributed by atoms with E-state index in [0.29, 0.717) is 33.3 Å². The Morgan fingerprint density at radius 3 is 2.22 bits per heavy atom. The molecule has 1 aliphatic rings. The number of amides is 1.